The predicted octanol–water partition coefficient (Wildman–Crippen LogP) is 5.83. The summed E-state index contributed by atoms with van der Waals surface area (Å²) < 4.78 is 2.21. The molecule has 0 aliphatic heterocycles. The van der Waals surface area contributed by atoms with Crippen molar-refractivity contribution in [2.45, 2.75) is 26.2 Å². The average molecular weight is 346 g/mol. The fraction of sp³-hybridized carbons (Fsp3) is 0.222. The highest BCUT2D eigenvalue weighted by Crippen LogP contribution is 2.26. The molecule has 1 nitrogen and oxygen atoms in total. The number of benzene rings is 2. The molecule has 2 aromatic rings. The zero-order valence-electron chi connectivity index (χ0n) is 13.1. The Morgan fingerprint density at radius 3 is 2.23 bits per heavy atom. The van der Waals surface area contributed by atoms with Crippen molar-refractivity contribution in [3.05, 3.63) is 65.2 Å². The molecule has 0 radical (unpaired) electrons. The second kappa shape index (κ2) is 7.78. The summed E-state index contributed by atoms with van der Waals surface area (Å²) in [5, 5.41) is 4.03. The molecule has 2 aromatic carbocycles. The van der Waals surface area contributed by atoms with Crippen LogP contribution < -0.4 is 4.31 Å². The van der Waals surface area contributed by atoms with Gasteiger partial charge in [0.05, 0.1) is 6.54 Å². The second-order valence-corrected chi connectivity index (χ2v) is 12.1. The first kappa shape index (κ1) is 17.0. The van der Waals surface area contributed by atoms with E-state index in [0.717, 1.165) is 17.3 Å². The zero-order valence-corrected chi connectivity index (χ0v) is 15.7. The van der Waals surface area contributed by atoms with E-state index in [1.54, 1.807) is 11.9 Å². The van der Waals surface area contributed by atoms with E-state index in [0.29, 0.717) is 0 Å². The summed E-state index contributed by atoms with van der Waals surface area (Å²) in [4.78, 5) is 0. The van der Waals surface area contributed by atoms with Gasteiger partial charge in [-0.15, -0.1) is 5.54 Å². The third-order valence-corrected chi connectivity index (χ3v) is 4.93. The molecule has 0 heterocycles. The highest BCUT2D eigenvalue weighted by Gasteiger charge is 2.10. The maximum Gasteiger partial charge on any atom is 0.130 e. The molecule has 0 aliphatic carbocycles. The molecular weight excluding hydrogens is 326 g/mol. The summed E-state index contributed by atoms with van der Waals surface area (Å²) in [6, 6.07) is 18.3. The van der Waals surface area contributed by atoms with E-state index in [2.05, 4.69) is 59.0 Å². The maximum atomic E-state index is 5.99. The molecule has 0 amide bonds. The molecule has 114 valence electrons. The van der Waals surface area contributed by atoms with Crippen LogP contribution in [0.25, 0.3) is 0 Å². The third-order valence-electron chi connectivity index (χ3n) is 2.87. The van der Waals surface area contributed by atoms with E-state index in [1.165, 1.54) is 5.56 Å². The van der Waals surface area contributed by atoms with E-state index in [9.17, 15) is 0 Å². The Bertz CT molecular complexity index is 653. The topological polar surface area (TPSA) is 3.24 Å². The minimum atomic E-state index is -1.36. The molecular formula is C18H20ClNSSi. The fourth-order valence-electron chi connectivity index (χ4n) is 1.76. The minimum Gasteiger partial charge on any atom is -0.301 e. The third kappa shape index (κ3) is 5.80. The SMILES string of the molecule is C[Si](C)(C)C#CSN(Cc1ccccc1)c1ccc(Cl)cc1. The summed E-state index contributed by atoms with van der Waals surface area (Å²) in [6.07, 6.45) is 0. The summed E-state index contributed by atoms with van der Waals surface area (Å²) in [6.45, 7) is 7.58. The standard InChI is InChI=1S/C18H20ClNSSi/c1-22(2,3)14-13-21-20(15-16-7-5-4-6-8-16)18-11-9-17(19)10-12-18/h4-12H,15H2,1-3H3. The summed E-state index contributed by atoms with van der Waals surface area (Å²) in [7, 11) is -1.36. The van der Waals surface area contributed by atoms with Gasteiger partial charge in [-0.1, -0.05) is 61.6 Å². The molecule has 0 N–H and O–H groups in total. The van der Waals surface area contributed by atoms with Crippen molar-refractivity contribution in [2.75, 3.05) is 4.31 Å². The van der Waals surface area contributed by atoms with Crippen molar-refractivity contribution in [2.24, 2.45) is 0 Å². The van der Waals surface area contributed by atoms with Crippen LogP contribution in [0.5, 0.6) is 0 Å². The van der Waals surface area contributed by atoms with Gasteiger partial charge in [0.15, 0.2) is 0 Å². The first-order valence-electron chi connectivity index (χ1n) is 7.20. The van der Waals surface area contributed by atoms with Crippen molar-refractivity contribution in [3.8, 4) is 10.8 Å². The van der Waals surface area contributed by atoms with Crippen molar-refractivity contribution >= 4 is 37.3 Å². The number of nitrogens with zero attached hydrogens (tertiary/aromatic N) is 1. The summed E-state index contributed by atoms with van der Waals surface area (Å²) in [5.41, 5.74) is 5.78. The summed E-state index contributed by atoms with van der Waals surface area (Å²) in [5.74, 6) is 0. The number of hydrogen-bond donors (Lipinski definition) is 0. The van der Waals surface area contributed by atoms with E-state index in [-0.39, 0.29) is 0 Å². The Hall–Kier alpha value is -1.34. The van der Waals surface area contributed by atoms with Gasteiger partial charge in [0.2, 0.25) is 0 Å². The number of anilines is 1. The lowest BCUT2D eigenvalue weighted by Crippen LogP contribution is -2.17. The normalized spacial score (nSPS) is 10.7. The Morgan fingerprint density at radius 1 is 1.00 bits per heavy atom. The lowest BCUT2D eigenvalue weighted by molar-refractivity contribution is 1.06. The van der Waals surface area contributed by atoms with Gasteiger partial charge in [0.25, 0.3) is 0 Å². The largest absolute Gasteiger partial charge is 0.301 e. The molecule has 0 unspecified atom stereocenters. The Balaban J connectivity index is 2.20. The number of rotatable bonds is 4. The van der Waals surface area contributed by atoms with Crippen LogP contribution in [0.4, 0.5) is 5.69 Å². The second-order valence-electron chi connectivity index (χ2n) is 6.07. The van der Waals surface area contributed by atoms with E-state index in [4.69, 9.17) is 11.6 Å². The molecule has 0 aliphatic rings. The summed E-state index contributed by atoms with van der Waals surface area (Å²) >= 11 is 7.56. The molecule has 0 saturated carbocycles. The van der Waals surface area contributed by atoms with Crippen molar-refractivity contribution in [1.82, 2.24) is 0 Å². The van der Waals surface area contributed by atoms with Gasteiger partial charge < -0.3 is 4.31 Å². The van der Waals surface area contributed by atoms with Crippen LogP contribution in [0.2, 0.25) is 24.7 Å². The van der Waals surface area contributed by atoms with E-state index < -0.39 is 8.07 Å². The molecule has 0 atom stereocenters. The van der Waals surface area contributed by atoms with Crippen LogP contribution in [0.15, 0.2) is 54.6 Å². The highest BCUT2D eigenvalue weighted by molar-refractivity contribution is 8.05. The van der Waals surface area contributed by atoms with Crippen LogP contribution in [0.3, 0.4) is 0 Å². The fourth-order valence-corrected chi connectivity index (χ4v) is 3.85. The van der Waals surface area contributed by atoms with Gasteiger partial charge in [-0.2, -0.15) is 0 Å². The molecule has 2 rings (SSSR count). The average Bonchev–Trinajstić information content (AvgIpc) is 2.47. The van der Waals surface area contributed by atoms with Crippen LogP contribution in [0, 0.1) is 10.8 Å². The van der Waals surface area contributed by atoms with Crippen LogP contribution in [-0.2, 0) is 6.54 Å². The van der Waals surface area contributed by atoms with Gasteiger partial charge in [-0.05, 0) is 35.1 Å². The lowest BCUT2D eigenvalue weighted by Gasteiger charge is -2.21. The van der Waals surface area contributed by atoms with Gasteiger partial charge in [-0.3, -0.25) is 0 Å². The van der Waals surface area contributed by atoms with Gasteiger partial charge in [0, 0.05) is 22.7 Å². The first-order chi connectivity index (χ1) is 10.4. The molecule has 0 saturated heterocycles. The Kier molecular flexibility index (Phi) is 6.02. The highest BCUT2D eigenvalue weighted by atomic mass is 35.5. The number of halogens is 1. The van der Waals surface area contributed by atoms with E-state index >= 15 is 0 Å². The van der Waals surface area contributed by atoms with Crippen LogP contribution >= 0.6 is 23.5 Å². The van der Waals surface area contributed by atoms with E-state index in [1.807, 2.05) is 30.3 Å². The molecule has 0 fully saturated rings. The predicted molar refractivity (Wildman–Crippen MR) is 103 cm³/mol. The van der Waals surface area contributed by atoms with Gasteiger partial charge in [-0.25, -0.2) is 0 Å². The molecule has 0 aromatic heterocycles. The lowest BCUT2D eigenvalue weighted by atomic mass is 10.2. The zero-order chi connectivity index (χ0) is 16.0. The number of hydrogen-bond acceptors (Lipinski definition) is 2. The monoisotopic (exact) mass is 345 g/mol. The van der Waals surface area contributed by atoms with Gasteiger partial charge in [0.1, 0.15) is 8.07 Å². The van der Waals surface area contributed by atoms with Crippen molar-refractivity contribution in [3.63, 3.8) is 0 Å². The van der Waals surface area contributed by atoms with Crippen LogP contribution in [0.1, 0.15) is 5.56 Å². The van der Waals surface area contributed by atoms with Gasteiger partial charge >= 0.3 is 0 Å². The Morgan fingerprint density at radius 2 is 1.64 bits per heavy atom. The molecule has 0 spiro atoms. The van der Waals surface area contributed by atoms with Crippen LogP contribution in [-0.4, -0.2) is 8.07 Å². The molecule has 4 heteroatoms. The minimum absolute atomic E-state index is 0.751. The molecule has 22 heavy (non-hydrogen) atoms. The molecule has 0 bridgehead atoms. The first-order valence-corrected chi connectivity index (χ1v) is 11.9. The Labute approximate surface area is 143 Å². The van der Waals surface area contributed by atoms with Crippen molar-refractivity contribution < 1.29 is 0 Å². The quantitative estimate of drug-likeness (QED) is 0.389. The smallest absolute Gasteiger partial charge is 0.130 e. The maximum absolute atomic E-state index is 5.99. The van der Waals surface area contributed by atoms with Crippen molar-refractivity contribution in [1.29, 1.82) is 0 Å².